The molecule has 3 heterocycles. The third kappa shape index (κ3) is 2.92. The van der Waals surface area contributed by atoms with Gasteiger partial charge in [-0.15, -0.1) is 11.3 Å². The van der Waals surface area contributed by atoms with Crippen molar-refractivity contribution in [2.24, 2.45) is 0 Å². The number of fused-ring (bicyclic) bond motifs is 2. The first-order chi connectivity index (χ1) is 14.6. The highest BCUT2D eigenvalue weighted by molar-refractivity contribution is 8.08. The number of nitrogens with zero attached hydrogens (tertiary/aromatic N) is 3. The van der Waals surface area contributed by atoms with Crippen molar-refractivity contribution in [3.8, 4) is 0 Å². The SMILES string of the molecule is CCn1c(=O)/c(=C2\Sc3ccccc3N2C)s/c1=C\c1oc2ccccc2[n+]1CC. The Bertz CT molecular complexity index is 1450. The Morgan fingerprint density at radius 2 is 1.87 bits per heavy atom. The van der Waals surface area contributed by atoms with Gasteiger partial charge in [0.25, 0.3) is 11.1 Å². The fourth-order valence-electron chi connectivity index (χ4n) is 3.86. The molecule has 0 amide bonds. The van der Waals surface area contributed by atoms with Gasteiger partial charge in [0.05, 0.1) is 11.8 Å². The molecule has 0 fully saturated rings. The van der Waals surface area contributed by atoms with Crippen LogP contribution in [-0.2, 0) is 13.1 Å². The number of hydrogen-bond acceptors (Lipinski definition) is 5. The molecule has 152 valence electrons. The van der Waals surface area contributed by atoms with E-state index in [2.05, 4.69) is 34.6 Å². The average Bonchev–Trinajstić information content (AvgIpc) is 3.39. The van der Waals surface area contributed by atoms with Gasteiger partial charge in [-0.1, -0.05) is 36.0 Å². The van der Waals surface area contributed by atoms with Crippen molar-refractivity contribution in [2.45, 2.75) is 31.8 Å². The molecule has 0 saturated carbocycles. The first-order valence-corrected chi connectivity index (χ1v) is 11.6. The van der Waals surface area contributed by atoms with E-state index in [0.29, 0.717) is 6.54 Å². The van der Waals surface area contributed by atoms with Crippen molar-refractivity contribution in [1.29, 1.82) is 0 Å². The van der Waals surface area contributed by atoms with Gasteiger partial charge in [-0.3, -0.25) is 9.36 Å². The lowest BCUT2D eigenvalue weighted by molar-refractivity contribution is -0.674. The Morgan fingerprint density at radius 1 is 1.10 bits per heavy atom. The zero-order valence-corrected chi connectivity index (χ0v) is 18.7. The van der Waals surface area contributed by atoms with Gasteiger partial charge in [-0.2, -0.15) is 4.57 Å². The molecule has 4 aromatic rings. The topological polar surface area (TPSA) is 42.3 Å². The quantitative estimate of drug-likeness (QED) is 0.463. The fourth-order valence-corrected chi connectivity index (χ4v) is 6.30. The molecule has 0 spiro atoms. The maximum Gasteiger partial charge on any atom is 0.377 e. The summed E-state index contributed by atoms with van der Waals surface area (Å²) in [6.45, 7) is 5.51. The maximum atomic E-state index is 13.3. The molecule has 0 unspecified atom stereocenters. The highest BCUT2D eigenvalue weighted by atomic mass is 32.2. The number of aryl methyl sites for hydroxylation is 1. The second-order valence-corrected chi connectivity index (χ2v) is 9.11. The van der Waals surface area contributed by atoms with E-state index in [9.17, 15) is 4.79 Å². The molecule has 0 radical (unpaired) electrons. The summed E-state index contributed by atoms with van der Waals surface area (Å²) >= 11 is 3.19. The average molecular weight is 437 g/mol. The van der Waals surface area contributed by atoms with Crippen LogP contribution in [-0.4, -0.2) is 11.6 Å². The van der Waals surface area contributed by atoms with Gasteiger partial charge >= 0.3 is 5.89 Å². The number of anilines is 1. The van der Waals surface area contributed by atoms with E-state index in [4.69, 9.17) is 4.42 Å². The van der Waals surface area contributed by atoms with Crippen LogP contribution in [0, 0.1) is 0 Å². The van der Waals surface area contributed by atoms with Gasteiger partial charge < -0.3 is 9.32 Å². The Balaban J connectivity index is 1.74. The van der Waals surface area contributed by atoms with Crippen molar-refractivity contribution in [2.75, 3.05) is 11.9 Å². The van der Waals surface area contributed by atoms with E-state index in [1.165, 1.54) is 16.2 Å². The van der Waals surface area contributed by atoms with Crippen LogP contribution in [0.2, 0.25) is 0 Å². The van der Waals surface area contributed by atoms with Gasteiger partial charge in [-0.05, 0) is 32.0 Å². The Hall–Kier alpha value is -2.77. The van der Waals surface area contributed by atoms with Crippen LogP contribution >= 0.6 is 23.1 Å². The maximum absolute atomic E-state index is 13.3. The Labute approximate surface area is 182 Å². The van der Waals surface area contributed by atoms with Crippen molar-refractivity contribution < 1.29 is 8.98 Å². The summed E-state index contributed by atoms with van der Waals surface area (Å²) in [5.74, 6) is 0.759. The molecule has 7 heteroatoms. The molecule has 5 rings (SSSR count). The van der Waals surface area contributed by atoms with Gasteiger partial charge in [-0.25, -0.2) is 0 Å². The first-order valence-electron chi connectivity index (χ1n) is 10.00. The lowest BCUT2D eigenvalue weighted by atomic mass is 10.3. The Morgan fingerprint density at radius 3 is 2.63 bits per heavy atom. The van der Waals surface area contributed by atoms with Crippen LogP contribution in [0.1, 0.15) is 19.7 Å². The lowest BCUT2D eigenvalue weighted by Gasteiger charge is -2.11. The molecule has 0 saturated heterocycles. The highest BCUT2D eigenvalue weighted by Gasteiger charge is 2.25. The van der Waals surface area contributed by atoms with E-state index < -0.39 is 0 Å². The summed E-state index contributed by atoms with van der Waals surface area (Å²) in [5.41, 5.74) is 3.10. The van der Waals surface area contributed by atoms with Crippen LogP contribution in [0.4, 0.5) is 5.69 Å². The molecule has 1 aliphatic heterocycles. The molecule has 0 N–H and O–H groups in total. The van der Waals surface area contributed by atoms with Gasteiger partial charge in [0.15, 0.2) is 0 Å². The predicted octanol–water partition coefficient (Wildman–Crippen LogP) is 3.12. The van der Waals surface area contributed by atoms with Crippen molar-refractivity contribution in [3.05, 3.63) is 74.0 Å². The second kappa shape index (κ2) is 7.49. The van der Waals surface area contributed by atoms with Gasteiger partial charge in [0.1, 0.15) is 20.8 Å². The minimum atomic E-state index is 0.0510. The van der Waals surface area contributed by atoms with Crippen LogP contribution in [0.25, 0.3) is 22.2 Å². The van der Waals surface area contributed by atoms with Crippen LogP contribution in [0.3, 0.4) is 0 Å². The molecule has 0 bridgehead atoms. The van der Waals surface area contributed by atoms with Crippen LogP contribution in [0.15, 0.2) is 62.6 Å². The van der Waals surface area contributed by atoms with E-state index in [1.54, 1.807) is 11.8 Å². The normalized spacial score (nSPS) is 16.0. The van der Waals surface area contributed by atoms with Crippen LogP contribution in [0.5, 0.6) is 0 Å². The van der Waals surface area contributed by atoms with E-state index in [1.807, 2.05) is 54.9 Å². The summed E-state index contributed by atoms with van der Waals surface area (Å²) < 4.78 is 11.8. The summed E-state index contributed by atoms with van der Waals surface area (Å²) in [6, 6.07) is 16.3. The van der Waals surface area contributed by atoms with E-state index >= 15 is 0 Å². The summed E-state index contributed by atoms with van der Waals surface area (Å²) in [6.07, 6.45) is 2.00. The molecular formula is C23H22N3O2S2+. The number of aromatic nitrogens is 2. The second-order valence-electron chi connectivity index (χ2n) is 7.05. The van der Waals surface area contributed by atoms with Crippen molar-refractivity contribution in [3.63, 3.8) is 0 Å². The van der Waals surface area contributed by atoms with E-state index in [-0.39, 0.29) is 5.56 Å². The number of thioether (sulfide) groups is 1. The predicted molar refractivity (Wildman–Crippen MR) is 123 cm³/mol. The summed E-state index contributed by atoms with van der Waals surface area (Å²) in [7, 11) is 2.03. The molecule has 1 aliphatic rings. The van der Waals surface area contributed by atoms with Crippen molar-refractivity contribution in [1.82, 2.24) is 4.57 Å². The van der Waals surface area contributed by atoms with E-state index in [0.717, 1.165) is 43.4 Å². The minimum absolute atomic E-state index is 0.0510. The number of oxazole rings is 1. The molecule has 0 aliphatic carbocycles. The monoisotopic (exact) mass is 436 g/mol. The number of benzene rings is 2. The summed E-state index contributed by atoms with van der Waals surface area (Å²) in [5, 5.41) is 0.987. The number of thiazole rings is 1. The molecular weight excluding hydrogens is 414 g/mol. The third-order valence-electron chi connectivity index (χ3n) is 5.36. The number of rotatable bonds is 3. The molecule has 5 nitrogen and oxygen atoms in total. The zero-order chi connectivity index (χ0) is 20.8. The lowest BCUT2D eigenvalue weighted by Crippen LogP contribution is -2.36. The van der Waals surface area contributed by atoms with Crippen molar-refractivity contribution >= 4 is 51.0 Å². The smallest absolute Gasteiger partial charge is 0.377 e. The summed E-state index contributed by atoms with van der Waals surface area (Å²) in [4.78, 5) is 16.6. The van der Waals surface area contributed by atoms with Gasteiger partial charge in [0.2, 0.25) is 5.58 Å². The Kier molecular flexibility index (Phi) is 4.79. The van der Waals surface area contributed by atoms with Crippen LogP contribution < -0.4 is 24.2 Å². The fraction of sp³-hybridized carbons (Fsp3) is 0.217. The number of hydrogen-bond donors (Lipinski definition) is 0. The zero-order valence-electron chi connectivity index (χ0n) is 17.1. The minimum Gasteiger partial charge on any atom is -0.398 e. The molecule has 0 atom stereocenters. The standard InChI is InChI=1S/C23H22N3O2S2/c1-4-25-15-10-6-8-12-17(15)28-19(25)14-20-26(5-2)22(27)21(30-20)23-24(3)16-11-7-9-13-18(16)29-23/h6-14H,4-5H2,1-3H3/q+1/b23-21+. The third-order valence-corrected chi connectivity index (χ3v) is 7.85. The number of para-hydroxylation sites is 3. The first kappa shape index (κ1) is 19.2. The molecule has 2 aromatic heterocycles. The van der Waals surface area contributed by atoms with Gasteiger partial charge in [0, 0.05) is 24.6 Å². The largest absolute Gasteiger partial charge is 0.398 e. The highest BCUT2D eigenvalue weighted by Crippen LogP contribution is 2.44. The molecule has 2 aromatic carbocycles. The molecule has 30 heavy (non-hydrogen) atoms.